The summed E-state index contributed by atoms with van der Waals surface area (Å²) in [5.41, 5.74) is 9.21. The Morgan fingerprint density at radius 3 is 2.43 bits per heavy atom. The highest BCUT2D eigenvalue weighted by molar-refractivity contribution is 9.10. The van der Waals surface area contributed by atoms with Gasteiger partial charge in [-0.2, -0.15) is 0 Å². The number of rotatable bonds is 3. The van der Waals surface area contributed by atoms with Gasteiger partial charge in [-0.25, -0.2) is 8.42 Å². The van der Waals surface area contributed by atoms with Gasteiger partial charge in [0.1, 0.15) is 0 Å². The summed E-state index contributed by atoms with van der Waals surface area (Å²) in [6.07, 6.45) is 0. The van der Waals surface area contributed by atoms with E-state index in [1.165, 1.54) is 6.07 Å². The number of benzene rings is 2. The molecule has 0 fully saturated rings. The van der Waals surface area contributed by atoms with E-state index in [2.05, 4.69) is 20.7 Å². The Labute approximate surface area is 133 Å². The molecule has 0 saturated heterocycles. The van der Waals surface area contributed by atoms with Crippen molar-refractivity contribution in [3.8, 4) is 0 Å². The third-order valence-corrected chi connectivity index (χ3v) is 5.91. The minimum Gasteiger partial charge on any atom is -0.399 e. The van der Waals surface area contributed by atoms with E-state index in [-0.39, 0.29) is 4.90 Å². The van der Waals surface area contributed by atoms with Gasteiger partial charge in [0.05, 0.1) is 10.6 Å². The summed E-state index contributed by atoms with van der Waals surface area (Å²) in [4.78, 5) is 0.202. The van der Waals surface area contributed by atoms with Crippen LogP contribution in [0, 0.1) is 20.8 Å². The Kier molecular flexibility index (Phi) is 4.30. The molecule has 0 aliphatic carbocycles. The van der Waals surface area contributed by atoms with E-state index in [9.17, 15) is 8.42 Å². The van der Waals surface area contributed by atoms with E-state index in [4.69, 9.17) is 5.73 Å². The van der Waals surface area contributed by atoms with Gasteiger partial charge in [-0.1, -0.05) is 12.1 Å². The number of nitrogen functional groups attached to an aromatic ring is 1. The molecular weight excluding hydrogens is 352 g/mol. The largest absolute Gasteiger partial charge is 0.399 e. The van der Waals surface area contributed by atoms with E-state index < -0.39 is 10.0 Å². The first-order valence-corrected chi connectivity index (χ1v) is 8.64. The molecule has 112 valence electrons. The Balaban J connectivity index is 2.51. The van der Waals surface area contributed by atoms with Gasteiger partial charge < -0.3 is 5.73 Å². The van der Waals surface area contributed by atoms with Crippen LogP contribution in [0.15, 0.2) is 39.7 Å². The molecule has 0 heterocycles. The van der Waals surface area contributed by atoms with Crippen LogP contribution in [0.5, 0.6) is 0 Å². The third-order valence-electron chi connectivity index (χ3n) is 3.37. The lowest BCUT2D eigenvalue weighted by Gasteiger charge is -2.14. The number of hydrogen-bond acceptors (Lipinski definition) is 3. The second-order valence-electron chi connectivity index (χ2n) is 5.00. The smallest absolute Gasteiger partial charge is 0.262 e. The number of nitrogens with one attached hydrogen (secondary N) is 1. The first-order chi connectivity index (χ1) is 9.72. The maximum atomic E-state index is 12.6. The Hall–Kier alpha value is -1.53. The van der Waals surface area contributed by atoms with Crippen molar-refractivity contribution in [2.24, 2.45) is 0 Å². The van der Waals surface area contributed by atoms with Crippen LogP contribution < -0.4 is 10.5 Å². The lowest BCUT2D eigenvalue weighted by Crippen LogP contribution is -2.15. The maximum Gasteiger partial charge on any atom is 0.262 e. The van der Waals surface area contributed by atoms with Gasteiger partial charge in [0.15, 0.2) is 0 Å². The van der Waals surface area contributed by atoms with Crippen LogP contribution in [-0.2, 0) is 10.0 Å². The molecule has 0 radical (unpaired) electrons. The van der Waals surface area contributed by atoms with Crippen LogP contribution in [0.4, 0.5) is 11.4 Å². The van der Waals surface area contributed by atoms with E-state index in [1.54, 1.807) is 25.1 Å². The zero-order valence-corrected chi connectivity index (χ0v) is 14.5. The fourth-order valence-corrected chi connectivity index (χ4v) is 3.98. The number of anilines is 2. The van der Waals surface area contributed by atoms with Crippen molar-refractivity contribution in [2.45, 2.75) is 25.7 Å². The van der Waals surface area contributed by atoms with E-state index in [0.717, 1.165) is 15.6 Å². The highest BCUT2D eigenvalue weighted by Crippen LogP contribution is 2.30. The van der Waals surface area contributed by atoms with Crippen molar-refractivity contribution in [1.29, 1.82) is 0 Å². The molecule has 0 amide bonds. The second-order valence-corrected chi connectivity index (χ2v) is 7.45. The highest BCUT2D eigenvalue weighted by atomic mass is 79.9. The first kappa shape index (κ1) is 15.9. The number of nitrogens with two attached hydrogens (primary N) is 1. The van der Waals surface area contributed by atoms with Crippen LogP contribution in [0.2, 0.25) is 0 Å². The molecule has 2 aromatic rings. The first-order valence-electron chi connectivity index (χ1n) is 6.37. The van der Waals surface area contributed by atoms with Crippen molar-refractivity contribution in [3.05, 3.63) is 51.5 Å². The summed E-state index contributed by atoms with van der Waals surface area (Å²) in [5.74, 6) is 0. The molecule has 0 aliphatic heterocycles. The number of aryl methyl sites for hydroxylation is 2. The molecule has 0 spiro atoms. The van der Waals surface area contributed by atoms with Gasteiger partial charge in [-0.05, 0) is 71.6 Å². The molecular formula is C15H17BrN2O2S. The quantitative estimate of drug-likeness (QED) is 0.810. The maximum absolute atomic E-state index is 12.6. The Bertz CT molecular complexity index is 802. The zero-order chi connectivity index (χ0) is 15.8. The summed E-state index contributed by atoms with van der Waals surface area (Å²) in [5, 5.41) is 0. The SMILES string of the molecule is Cc1cc(N)cc(S(=O)(=O)Nc2cccc(C)c2Br)c1C. The molecule has 0 saturated carbocycles. The molecule has 0 bridgehead atoms. The predicted molar refractivity (Wildman–Crippen MR) is 90.0 cm³/mol. The lowest BCUT2D eigenvalue weighted by atomic mass is 10.1. The van der Waals surface area contributed by atoms with Gasteiger partial charge in [-0.15, -0.1) is 0 Å². The average Bonchev–Trinajstić information content (AvgIpc) is 2.39. The van der Waals surface area contributed by atoms with Crippen molar-refractivity contribution < 1.29 is 8.42 Å². The molecule has 21 heavy (non-hydrogen) atoms. The van der Waals surface area contributed by atoms with Crippen molar-refractivity contribution in [3.63, 3.8) is 0 Å². The minimum atomic E-state index is -3.69. The fourth-order valence-electron chi connectivity index (χ4n) is 2.06. The van der Waals surface area contributed by atoms with E-state index >= 15 is 0 Å². The van der Waals surface area contributed by atoms with E-state index in [1.807, 2.05) is 19.9 Å². The van der Waals surface area contributed by atoms with Crippen molar-refractivity contribution >= 4 is 37.3 Å². The minimum absolute atomic E-state index is 0.202. The predicted octanol–water partition coefficient (Wildman–Crippen LogP) is 3.76. The Morgan fingerprint density at radius 1 is 1.10 bits per heavy atom. The standard InChI is InChI=1S/C15H17BrN2O2S/c1-9-5-4-6-13(15(9)16)18-21(19,20)14-8-12(17)7-10(2)11(14)3/h4-8,18H,17H2,1-3H3. The van der Waals surface area contributed by atoms with E-state index in [0.29, 0.717) is 16.9 Å². The molecule has 0 aliphatic rings. The summed E-state index contributed by atoms with van der Waals surface area (Å²) in [6, 6.07) is 8.65. The van der Waals surface area contributed by atoms with Crippen LogP contribution >= 0.6 is 15.9 Å². The van der Waals surface area contributed by atoms with Gasteiger partial charge in [0, 0.05) is 10.2 Å². The van der Waals surface area contributed by atoms with Crippen LogP contribution in [0.3, 0.4) is 0 Å². The van der Waals surface area contributed by atoms with Gasteiger partial charge >= 0.3 is 0 Å². The van der Waals surface area contributed by atoms with Gasteiger partial charge in [-0.3, -0.25) is 4.72 Å². The lowest BCUT2D eigenvalue weighted by molar-refractivity contribution is 0.600. The summed E-state index contributed by atoms with van der Waals surface area (Å²) >= 11 is 3.40. The molecule has 0 aromatic heterocycles. The monoisotopic (exact) mass is 368 g/mol. The number of sulfonamides is 1. The van der Waals surface area contributed by atoms with Gasteiger partial charge in [0.2, 0.25) is 0 Å². The zero-order valence-electron chi connectivity index (χ0n) is 12.1. The molecule has 3 N–H and O–H groups in total. The number of hydrogen-bond donors (Lipinski definition) is 2. The average molecular weight is 369 g/mol. The molecule has 0 unspecified atom stereocenters. The van der Waals surface area contributed by atoms with Crippen molar-refractivity contribution in [2.75, 3.05) is 10.5 Å². The third kappa shape index (κ3) is 3.22. The molecule has 2 aromatic carbocycles. The molecule has 6 heteroatoms. The molecule has 2 rings (SSSR count). The highest BCUT2D eigenvalue weighted by Gasteiger charge is 2.20. The summed E-state index contributed by atoms with van der Waals surface area (Å²) in [6.45, 7) is 5.51. The van der Waals surface area contributed by atoms with Crippen LogP contribution in [0.25, 0.3) is 0 Å². The van der Waals surface area contributed by atoms with Crippen LogP contribution in [0.1, 0.15) is 16.7 Å². The Morgan fingerprint density at radius 2 is 1.76 bits per heavy atom. The number of halogens is 1. The second kappa shape index (κ2) is 5.69. The molecule has 4 nitrogen and oxygen atoms in total. The summed E-state index contributed by atoms with van der Waals surface area (Å²) < 4.78 is 28.5. The fraction of sp³-hybridized carbons (Fsp3) is 0.200. The topological polar surface area (TPSA) is 72.2 Å². The molecule has 0 atom stereocenters. The summed E-state index contributed by atoms with van der Waals surface area (Å²) in [7, 11) is -3.69. The van der Waals surface area contributed by atoms with Gasteiger partial charge in [0.25, 0.3) is 10.0 Å². The van der Waals surface area contributed by atoms with Crippen LogP contribution in [-0.4, -0.2) is 8.42 Å². The van der Waals surface area contributed by atoms with Crippen molar-refractivity contribution in [1.82, 2.24) is 0 Å². The normalized spacial score (nSPS) is 11.4.